The molecule has 3 nitrogen and oxygen atoms in total. The molecule has 1 aromatic rings. The van der Waals surface area contributed by atoms with Crippen LogP contribution in [0.2, 0.25) is 0 Å². The average molecular weight is 180 g/mol. The maximum atomic E-state index is 9.87. The van der Waals surface area contributed by atoms with Gasteiger partial charge in [0.1, 0.15) is 11.9 Å². The van der Waals surface area contributed by atoms with Gasteiger partial charge in [0.2, 0.25) is 0 Å². The molecule has 13 heavy (non-hydrogen) atoms. The Bertz CT molecular complexity index is 278. The van der Waals surface area contributed by atoms with Crippen LogP contribution in [-0.4, -0.2) is 14.7 Å². The van der Waals surface area contributed by atoms with E-state index in [0.717, 1.165) is 31.6 Å². The summed E-state index contributed by atoms with van der Waals surface area (Å²) in [5.41, 5.74) is 0. The van der Waals surface area contributed by atoms with Crippen LogP contribution in [0.3, 0.4) is 0 Å². The number of aromatic nitrogens is 2. The standard InChI is InChI=1S/C10H16N2O/c1-2-6-12-7-5-11-10(12)9(13)8-3-4-8/h5,7-9,13H,2-4,6H2,1H3. The molecule has 0 amide bonds. The van der Waals surface area contributed by atoms with Crippen LogP contribution in [0, 0.1) is 5.92 Å². The van der Waals surface area contributed by atoms with Crippen LogP contribution in [0.5, 0.6) is 0 Å². The van der Waals surface area contributed by atoms with E-state index in [1.54, 1.807) is 6.20 Å². The Balaban J connectivity index is 2.12. The Morgan fingerprint density at radius 1 is 1.69 bits per heavy atom. The number of nitrogens with zero attached hydrogens (tertiary/aromatic N) is 2. The average Bonchev–Trinajstić information content (AvgIpc) is 2.87. The van der Waals surface area contributed by atoms with Crippen molar-refractivity contribution in [1.29, 1.82) is 0 Å². The molecule has 1 heterocycles. The third kappa shape index (κ3) is 1.75. The molecular formula is C10H16N2O. The molecule has 1 saturated carbocycles. The van der Waals surface area contributed by atoms with Gasteiger partial charge >= 0.3 is 0 Å². The van der Waals surface area contributed by atoms with Gasteiger partial charge in [0.05, 0.1) is 0 Å². The predicted octanol–water partition coefficient (Wildman–Crippen LogP) is 1.74. The fourth-order valence-electron chi connectivity index (χ4n) is 1.64. The molecule has 2 rings (SSSR count). The van der Waals surface area contributed by atoms with Gasteiger partial charge in [0.25, 0.3) is 0 Å². The number of imidazole rings is 1. The molecule has 1 N–H and O–H groups in total. The molecule has 0 bridgehead atoms. The first-order valence-electron chi connectivity index (χ1n) is 5.02. The third-order valence-electron chi connectivity index (χ3n) is 2.55. The van der Waals surface area contributed by atoms with Crippen molar-refractivity contribution in [2.24, 2.45) is 5.92 Å². The first-order chi connectivity index (χ1) is 6.33. The second-order valence-electron chi connectivity index (χ2n) is 3.76. The third-order valence-corrected chi connectivity index (χ3v) is 2.55. The Morgan fingerprint density at radius 2 is 2.46 bits per heavy atom. The van der Waals surface area contributed by atoms with Crippen LogP contribution < -0.4 is 0 Å². The molecule has 3 heteroatoms. The van der Waals surface area contributed by atoms with Crippen molar-refractivity contribution in [2.75, 3.05) is 0 Å². The van der Waals surface area contributed by atoms with E-state index < -0.39 is 0 Å². The topological polar surface area (TPSA) is 38.0 Å². The van der Waals surface area contributed by atoms with Gasteiger partial charge < -0.3 is 9.67 Å². The molecule has 1 atom stereocenters. The Kier molecular flexibility index (Phi) is 2.36. The maximum Gasteiger partial charge on any atom is 0.137 e. The fraction of sp³-hybridized carbons (Fsp3) is 0.700. The second kappa shape index (κ2) is 3.50. The molecule has 1 aliphatic rings. The van der Waals surface area contributed by atoms with Gasteiger partial charge in [0, 0.05) is 18.9 Å². The highest BCUT2D eigenvalue weighted by Gasteiger charge is 2.33. The van der Waals surface area contributed by atoms with Gasteiger partial charge in [-0.1, -0.05) is 6.92 Å². The highest BCUT2D eigenvalue weighted by molar-refractivity contribution is 5.01. The molecule has 0 radical (unpaired) electrons. The first kappa shape index (κ1) is 8.75. The summed E-state index contributed by atoms with van der Waals surface area (Å²) in [7, 11) is 0. The first-order valence-corrected chi connectivity index (χ1v) is 5.02. The predicted molar refractivity (Wildman–Crippen MR) is 50.2 cm³/mol. The summed E-state index contributed by atoms with van der Waals surface area (Å²) in [4.78, 5) is 4.21. The van der Waals surface area contributed by atoms with Crippen molar-refractivity contribution < 1.29 is 5.11 Å². The van der Waals surface area contributed by atoms with Crippen molar-refractivity contribution in [3.8, 4) is 0 Å². The number of aliphatic hydroxyl groups is 1. The number of aryl methyl sites for hydroxylation is 1. The Morgan fingerprint density at radius 3 is 3.08 bits per heavy atom. The minimum Gasteiger partial charge on any atom is -0.385 e. The lowest BCUT2D eigenvalue weighted by Gasteiger charge is -2.11. The maximum absolute atomic E-state index is 9.87. The molecule has 72 valence electrons. The number of rotatable bonds is 4. The van der Waals surface area contributed by atoms with Crippen LogP contribution in [0.15, 0.2) is 12.4 Å². The highest BCUT2D eigenvalue weighted by atomic mass is 16.3. The summed E-state index contributed by atoms with van der Waals surface area (Å²) >= 11 is 0. The van der Waals surface area contributed by atoms with E-state index in [1.807, 2.05) is 6.20 Å². The summed E-state index contributed by atoms with van der Waals surface area (Å²) in [6.07, 6.45) is 6.78. The minimum atomic E-state index is -0.332. The summed E-state index contributed by atoms with van der Waals surface area (Å²) in [5.74, 6) is 1.32. The molecule has 1 fully saturated rings. The zero-order valence-corrected chi connectivity index (χ0v) is 7.98. The van der Waals surface area contributed by atoms with E-state index in [2.05, 4.69) is 16.5 Å². The van der Waals surface area contributed by atoms with Gasteiger partial charge in [-0.15, -0.1) is 0 Å². The van der Waals surface area contributed by atoms with Gasteiger partial charge in [-0.25, -0.2) is 4.98 Å². The van der Waals surface area contributed by atoms with E-state index in [4.69, 9.17) is 0 Å². The SMILES string of the molecule is CCCn1ccnc1C(O)C1CC1. The number of hydrogen-bond acceptors (Lipinski definition) is 2. The molecule has 1 aliphatic carbocycles. The molecule has 0 saturated heterocycles. The number of aliphatic hydroxyl groups excluding tert-OH is 1. The minimum absolute atomic E-state index is 0.332. The second-order valence-corrected chi connectivity index (χ2v) is 3.76. The van der Waals surface area contributed by atoms with Crippen LogP contribution in [0.1, 0.15) is 38.1 Å². The van der Waals surface area contributed by atoms with Crippen molar-refractivity contribution in [1.82, 2.24) is 9.55 Å². The van der Waals surface area contributed by atoms with E-state index in [9.17, 15) is 5.11 Å². The van der Waals surface area contributed by atoms with E-state index >= 15 is 0 Å². The Hall–Kier alpha value is -0.830. The molecule has 0 spiro atoms. The molecular weight excluding hydrogens is 164 g/mol. The summed E-state index contributed by atoms with van der Waals surface area (Å²) in [6.45, 7) is 3.09. The molecule has 1 unspecified atom stereocenters. The largest absolute Gasteiger partial charge is 0.385 e. The summed E-state index contributed by atoms with van der Waals surface area (Å²) in [6, 6.07) is 0. The van der Waals surface area contributed by atoms with Gasteiger partial charge in [-0.3, -0.25) is 0 Å². The molecule has 0 aromatic carbocycles. The zero-order chi connectivity index (χ0) is 9.26. The number of hydrogen-bond donors (Lipinski definition) is 1. The van der Waals surface area contributed by atoms with E-state index in [1.165, 1.54) is 0 Å². The van der Waals surface area contributed by atoms with Crippen LogP contribution in [-0.2, 0) is 6.54 Å². The lowest BCUT2D eigenvalue weighted by atomic mass is 10.2. The summed E-state index contributed by atoms with van der Waals surface area (Å²) < 4.78 is 2.06. The highest BCUT2D eigenvalue weighted by Crippen LogP contribution is 2.40. The normalized spacial score (nSPS) is 18.9. The van der Waals surface area contributed by atoms with Crippen LogP contribution >= 0.6 is 0 Å². The molecule has 0 aliphatic heterocycles. The smallest absolute Gasteiger partial charge is 0.137 e. The van der Waals surface area contributed by atoms with Crippen molar-refractivity contribution >= 4 is 0 Å². The zero-order valence-electron chi connectivity index (χ0n) is 7.98. The van der Waals surface area contributed by atoms with Crippen molar-refractivity contribution in [2.45, 2.75) is 38.8 Å². The molecule has 1 aromatic heterocycles. The van der Waals surface area contributed by atoms with Crippen molar-refractivity contribution in [3.63, 3.8) is 0 Å². The monoisotopic (exact) mass is 180 g/mol. The lowest BCUT2D eigenvalue weighted by molar-refractivity contribution is 0.139. The van der Waals surface area contributed by atoms with E-state index in [-0.39, 0.29) is 6.10 Å². The van der Waals surface area contributed by atoms with E-state index in [0.29, 0.717) is 5.92 Å². The van der Waals surface area contributed by atoms with Gasteiger partial charge in [-0.2, -0.15) is 0 Å². The fourth-order valence-corrected chi connectivity index (χ4v) is 1.64. The Labute approximate surface area is 78.4 Å². The quantitative estimate of drug-likeness (QED) is 0.766. The summed E-state index contributed by atoms with van der Waals surface area (Å²) in [5, 5.41) is 9.87. The van der Waals surface area contributed by atoms with Crippen molar-refractivity contribution in [3.05, 3.63) is 18.2 Å². The van der Waals surface area contributed by atoms with Gasteiger partial charge in [-0.05, 0) is 25.2 Å². The van der Waals surface area contributed by atoms with Crippen LogP contribution in [0.4, 0.5) is 0 Å². The lowest BCUT2D eigenvalue weighted by Crippen LogP contribution is -2.09. The van der Waals surface area contributed by atoms with Gasteiger partial charge in [0.15, 0.2) is 0 Å². The van der Waals surface area contributed by atoms with Crippen LogP contribution in [0.25, 0.3) is 0 Å².